The number of alkyl halides is 2. The van der Waals surface area contributed by atoms with Crippen LogP contribution in [0.3, 0.4) is 0 Å². The van der Waals surface area contributed by atoms with Crippen molar-refractivity contribution >= 4 is 17.6 Å². The summed E-state index contributed by atoms with van der Waals surface area (Å²) in [6.45, 7) is 5.45. The number of carbonyl (C=O) groups excluding carboxylic acids is 2. The molecule has 0 radical (unpaired) electrons. The molecule has 2 aromatic heterocycles. The molecule has 2 fully saturated rings. The van der Waals surface area contributed by atoms with E-state index in [0.717, 1.165) is 0 Å². The molecular formula is C23H28F2N6O3. The Balaban J connectivity index is 1.46. The molecule has 1 atom stereocenters. The highest BCUT2D eigenvalue weighted by molar-refractivity contribution is 5.77. The van der Waals surface area contributed by atoms with Crippen LogP contribution >= 0.6 is 0 Å². The summed E-state index contributed by atoms with van der Waals surface area (Å²) in [5.41, 5.74) is 0.315. The fraction of sp³-hybridized carbons (Fsp3) is 0.609. The van der Waals surface area contributed by atoms with Gasteiger partial charge in [0, 0.05) is 19.3 Å². The standard InChI is InChI=1S/C23H28F2N6O3/c1-21(2,3)34-20(33)27-11-16-12-31-17(29-16)7-15(10-28-31)19(22(13-26)4-5-22)30-18(32)6-14-8-23(24,25)9-14/h7,10,12,14,19H,4-6,8-9,11H2,1-3H3,(H,27,33)(H,30,32). The number of carbonyl (C=O) groups is 2. The maximum absolute atomic E-state index is 13.1. The molecule has 0 bridgehead atoms. The zero-order chi connectivity index (χ0) is 24.7. The van der Waals surface area contributed by atoms with E-state index in [4.69, 9.17) is 4.74 Å². The lowest BCUT2D eigenvalue weighted by Crippen LogP contribution is -2.40. The van der Waals surface area contributed by atoms with Crippen LogP contribution in [0.1, 0.15) is 70.2 Å². The SMILES string of the molecule is CC(C)(C)OC(=O)NCc1cn2ncc(C(NC(=O)CC3CC(F)(F)C3)C3(C#N)CC3)cc2n1. The molecule has 0 aliphatic heterocycles. The minimum Gasteiger partial charge on any atom is -0.444 e. The number of fused-ring (bicyclic) bond motifs is 1. The van der Waals surface area contributed by atoms with Gasteiger partial charge in [-0.2, -0.15) is 10.4 Å². The van der Waals surface area contributed by atoms with E-state index < -0.39 is 29.1 Å². The van der Waals surface area contributed by atoms with E-state index in [-0.39, 0.29) is 37.6 Å². The van der Waals surface area contributed by atoms with Gasteiger partial charge in [0.1, 0.15) is 5.60 Å². The molecule has 2 heterocycles. The van der Waals surface area contributed by atoms with Crippen molar-refractivity contribution < 1.29 is 23.1 Å². The second kappa shape index (κ2) is 8.49. The van der Waals surface area contributed by atoms with Crippen molar-refractivity contribution in [2.24, 2.45) is 11.3 Å². The van der Waals surface area contributed by atoms with Crippen molar-refractivity contribution in [3.05, 3.63) is 29.7 Å². The van der Waals surface area contributed by atoms with Crippen LogP contribution in [-0.4, -0.2) is 38.1 Å². The van der Waals surface area contributed by atoms with Crippen LogP contribution in [0.5, 0.6) is 0 Å². The summed E-state index contributed by atoms with van der Waals surface area (Å²) < 4.78 is 33.0. The first-order valence-electron chi connectivity index (χ1n) is 11.3. The van der Waals surface area contributed by atoms with Gasteiger partial charge in [-0.1, -0.05) is 0 Å². The summed E-state index contributed by atoms with van der Waals surface area (Å²) in [6, 6.07) is 3.44. The van der Waals surface area contributed by atoms with E-state index in [1.165, 1.54) is 4.52 Å². The van der Waals surface area contributed by atoms with Gasteiger partial charge in [-0.25, -0.2) is 23.1 Å². The lowest BCUT2D eigenvalue weighted by molar-refractivity contribution is -0.134. The predicted octanol–water partition coefficient (Wildman–Crippen LogP) is 3.65. The number of nitrogens with zero attached hydrogens (tertiary/aromatic N) is 4. The largest absolute Gasteiger partial charge is 0.444 e. The summed E-state index contributed by atoms with van der Waals surface area (Å²) in [6.07, 6.45) is 3.37. The van der Waals surface area contributed by atoms with E-state index in [9.17, 15) is 23.6 Å². The van der Waals surface area contributed by atoms with Crippen molar-refractivity contribution in [2.75, 3.05) is 0 Å². The van der Waals surface area contributed by atoms with E-state index in [0.29, 0.717) is 29.7 Å². The van der Waals surface area contributed by atoms with Crippen LogP contribution in [0.2, 0.25) is 0 Å². The lowest BCUT2D eigenvalue weighted by atomic mass is 9.79. The number of rotatable bonds is 7. The Bertz CT molecular complexity index is 1140. The van der Waals surface area contributed by atoms with Gasteiger partial charge in [0.05, 0.1) is 42.2 Å². The number of nitriles is 1. The van der Waals surface area contributed by atoms with Crippen molar-refractivity contribution in [1.82, 2.24) is 25.2 Å². The second-order valence-electron chi connectivity index (χ2n) is 10.3. The molecule has 182 valence electrons. The average Bonchev–Trinajstić information content (AvgIpc) is 3.39. The number of ether oxygens (including phenoxy) is 1. The molecule has 34 heavy (non-hydrogen) atoms. The molecule has 1 unspecified atom stereocenters. The molecule has 0 spiro atoms. The molecule has 2 saturated carbocycles. The highest BCUT2D eigenvalue weighted by Gasteiger charge is 2.52. The quantitative estimate of drug-likeness (QED) is 0.632. The maximum Gasteiger partial charge on any atom is 0.407 e. The van der Waals surface area contributed by atoms with E-state index >= 15 is 0 Å². The Hall–Kier alpha value is -3.29. The Kier molecular flexibility index (Phi) is 5.96. The van der Waals surface area contributed by atoms with Crippen LogP contribution < -0.4 is 10.6 Å². The number of alkyl carbamates (subject to hydrolysis) is 1. The third-order valence-electron chi connectivity index (χ3n) is 6.06. The minimum atomic E-state index is -2.68. The van der Waals surface area contributed by atoms with Gasteiger partial charge in [0.2, 0.25) is 11.8 Å². The normalized spacial score (nSPS) is 19.5. The van der Waals surface area contributed by atoms with Gasteiger partial charge in [-0.3, -0.25) is 4.79 Å². The monoisotopic (exact) mass is 474 g/mol. The first kappa shape index (κ1) is 23.9. The van der Waals surface area contributed by atoms with Gasteiger partial charge >= 0.3 is 6.09 Å². The summed E-state index contributed by atoms with van der Waals surface area (Å²) in [4.78, 5) is 28.9. The number of aromatic nitrogens is 3. The van der Waals surface area contributed by atoms with Crippen molar-refractivity contribution in [2.45, 2.75) is 77.0 Å². The van der Waals surface area contributed by atoms with Crippen LogP contribution in [-0.2, 0) is 16.1 Å². The predicted molar refractivity (Wildman–Crippen MR) is 117 cm³/mol. The topological polar surface area (TPSA) is 121 Å². The van der Waals surface area contributed by atoms with Gasteiger partial charge in [0.25, 0.3) is 0 Å². The zero-order valence-electron chi connectivity index (χ0n) is 19.4. The maximum atomic E-state index is 13.1. The highest BCUT2D eigenvalue weighted by atomic mass is 19.3. The van der Waals surface area contributed by atoms with Gasteiger partial charge in [-0.15, -0.1) is 0 Å². The van der Waals surface area contributed by atoms with E-state index in [1.54, 1.807) is 39.2 Å². The van der Waals surface area contributed by atoms with Crippen LogP contribution in [0.15, 0.2) is 18.5 Å². The molecule has 2 aromatic rings. The molecular weight excluding hydrogens is 446 g/mol. The number of amides is 2. The number of imidazole rings is 1. The number of hydrogen-bond acceptors (Lipinski definition) is 6. The zero-order valence-corrected chi connectivity index (χ0v) is 19.4. The third-order valence-corrected chi connectivity index (χ3v) is 6.06. The number of hydrogen-bond donors (Lipinski definition) is 2. The van der Waals surface area contributed by atoms with Gasteiger partial charge in [0.15, 0.2) is 5.65 Å². The highest BCUT2D eigenvalue weighted by Crippen LogP contribution is 2.54. The first-order valence-corrected chi connectivity index (χ1v) is 11.3. The van der Waals surface area contributed by atoms with Crippen LogP contribution in [0.25, 0.3) is 5.65 Å². The molecule has 9 nitrogen and oxygen atoms in total. The van der Waals surface area contributed by atoms with Crippen LogP contribution in [0.4, 0.5) is 13.6 Å². The van der Waals surface area contributed by atoms with Crippen molar-refractivity contribution in [3.8, 4) is 6.07 Å². The second-order valence-corrected chi connectivity index (χ2v) is 10.3. The molecule has 2 N–H and O–H groups in total. The summed E-state index contributed by atoms with van der Waals surface area (Å²) in [5.74, 6) is -3.38. The molecule has 11 heteroatoms. The lowest BCUT2D eigenvalue weighted by Gasteiger charge is -2.35. The summed E-state index contributed by atoms with van der Waals surface area (Å²) >= 11 is 0. The molecule has 4 rings (SSSR count). The molecule has 0 aromatic carbocycles. The molecule has 0 saturated heterocycles. The van der Waals surface area contributed by atoms with Gasteiger partial charge in [-0.05, 0) is 51.2 Å². The smallest absolute Gasteiger partial charge is 0.407 e. The third kappa shape index (κ3) is 5.43. The number of halogens is 2. The Morgan fingerprint density at radius 3 is 2.65 bits per heavy atom. The summed E-state index contributed by atoms with van der Waals surface area (Å²) in [7, 11) is 0. The molecule has 2 amide bonds. The fourth-order valence-electron chi connectivity index (χ4n) is 4.21. The minimum absolute atomic E-state index is 0.00707. The average molecular weight is 475 g/mol. The Morgan fingerprint density at radius 2 is 2.06 bits per heavy atom. The molecule has 2 aliphatic rings. The summed E-state index contributed by atoms with van der Waals surface area (Å²) in [5, 5.41) is 19.6. The van der Waals surface area contributed by atoms with E-state index in [2.05, 4.69) is 26.8 Å². The Morgan fingerprint density at radius 1 is 1.35 bits per heavy atom. The van der Waals surface area contributed by atoms with Crippen molar-refractivity contribution in [1.29, 1.82) is 5.26 Å². The van der Waals surface area contributed by atoms with Crippen molar-refractivity contribution in [3.63, 3.8) is 0 Å². The fourth-order valence-corrected chi connectivity index (χ4v) is 4.21. The first-order chi connectivity index (χ1) is 15.9. The molecule has 2 aliphatic carbocycles. The van der Waals surface area contributed by atoms with Gasteiger partial charge < -0.3 is 15.4 Å². The Labute approximate surface area is 195 Å². The van der Waals surface area contributed by atoms with E-state index in [1.807, 2.05) is 0 Å². The van der Waals surface area contributed by atoms with Crippen LogP contribution in [0, 0.1) is 22.7 Å². The number of nitrogens with one attached hydrogen (secondary N) is 2.